The third-order valence-corrected chi connectivity index (χ3v) is 4.04. The van der Waals surface area contributed by atoms with Crippen LogP contribution in [0.1, 0.15) is 44.2 Å². The van der Waals surface area contributed by atoms with Crippen LogP contribution in [0.5, 0.6) is 11.5 Å². The normalized spacial score (nSPS) is 24.2. The smallest absolute Gasteiger partial charge is 0.220 e. The molecule has 1 atom stereocenters. The van der Waals surface area contributed by atoms with E-state index in [4.69, 9.17) is 5.73 Å². The molecule has 0 saturated heterocycles. The molecule has 5 N–H and O–H groups in total. The summed E-state index contributed by atoms with van der Waals surface area (Å²) in [7, 11) is 0. The van der Waals surface area contributed by atoms with Crippen molar-refractivity contribution in [1.82, 2.24) is 5.32 Å². The standard InChI is InChI=1S/C15H22N2O3/c1-9(11-6-13(18)8-14(19)7-11)17-12-4-2-10(3-5-12)15(16)20/h6-10,12,17-19H,2-5H2,1H3,(H2,16,20). The molecule has 1 fully saturated rings. The minimum atomic E-state index is -0.200. The van der Waals surface area contributed by atoms with Crippen molar-refractivity contribution in [1.29, 1.82) is 0 Å². The Hall–Kier alpha value is -1.75. The van der Waals surface area contributed by atoms with Crippen LogP contribution in [0, 0.1) is 5.92 Å². The van der Waals surface area contributed by atoms with E-state index in [1.54, 1.807) is 12.1 Å². The predicted octanol–water partition coefficient (Wildman–Crippen LogP) is 1.79. The quantitative estimate of drug-likeness (QED) is 0.675. The molecule has 1 unspecified atom stereocenters. The SMILES string of the molecule is CC(NC1CCC(C(N)=O)CC1)c1cc(O)cc(O)c1. The minimum Gasteiger partial charge on any atom is -0.508 e. The van der Waals surface area contributed by atoms with E-state index >= 15 is 0 Å². The summed E-state index contributed by atoms with van der Waals surface area (Å²) in [5, 5.41) is 22.5. The third kappa shape index (κ3) is 3.63. The van der Waals surface area contributed by atoms with Crippen LogP contribution in [0.4, 0.5) is 0 Å². The Morgan fingerprint density at radius 2 is 1.75 bits per heavy atom. The first kappa shape index (κ1) is 14.7. The van der Waals surface area contributed by atoms with Gasteiger partial charge in [-0.05, 0) is 50.3 Å². The molecule has 5 heteroatoms. The van der Waals surface area contributed by atoms with Crippen molar-refractivity contribution >= 4 is 5.91 Å². The van der Waals surface area contributed by atoms with Gasteiger partial charge in [0.1, 0.15) is 11.5 Å². The number of phenolic OH excluding ortho intramolecular Hbond substituents is 2. The van der Waals surface area contributed by atoms with Gasteiger partial charge in [0, 0.05) is 24.1 Å². The number of phenols is 2. The molecule has 0 aliphatic heterocycles. The Labute approximate surface area is 118 Å². The Bertz CT molecular complexity index is 462. The Morgan fingerprint density at radius 1 is 1.20 bits per heavy atom. The molecule has 0 heterocycles. The van der Waals surface area contributed by atoms with Gasteiger partial charge in [0.2, 0.25) is 5.91 Å². The molecule has 1 aromatic rings. The van der Waals surface area contributed by atoms with Crippen LogP contribution < -0.4 is 11.1 Å². The summed E-state index contributed by atoms with van der Waals surface area (Å²) in [4.78, 5) is 11.1. The summed E-state index contributed by atoms with van der Waals surface area (Å²) in [6.07, 6.45) is 3.49. The molecular weight excluding hydrogens is 256 g/mol. The number of amides is 1. The molecule has 1 amide bonds. The number of benzene rings is 1. The van der Waals surface area contributed by atoms with Crippen LogP contribution in [-0.4, -0.2) is 22.2 Å². The zero-order valence-electron chi connectivity index (χ0n) is 11.7. The zero-order valence-corrected chi connectivity index (χ0v) is 11.7. The van der Waals surface area contributed by atoms with Gasteiger partial charge in [0.25, 0.3) is 0 Å². The van der Waals surface area contributed by atoms with E-state index in [-0.39, 0.29) is 29.4 Å². The summed E-state index contributed by atoms with van der Waals surface area (Å²) in [5.41, 5.74) is 6.17. The molecule has 0 bridgehead atoms. The van der Waals surface area contributed by atoms with Gasteiger partial charge in [0.15, 0.2) is 0 Å². The van der Waals surface area contributed by atoms with Gasteiger partial charge in [-0.25, -0.2) is 0 Å². The molecule has 2 rings (SSSR count). The molecular formula is C15H22N2O3. The Morgan fingerprint density at radius 3 is 2.25 bits per heavy atom. The maximum absolute atomic E-state index is 11.1. The van der Waals surface area contributed by atoms with Crippen molar-refractivity contribution in [3.63, 3.8) is 0 Å². The number of nitrogens with one attached hydrogen (secondary N) is 1. The highest BCUT2D eigenvalue weighted by atomic mass is 16.3. The van der Waals surface area contributed by atoms with E-state index in [1.165, 1.54) is 6.07 Å². The minimum absolute atomic E-state index is 0.00757. The molecule has 0 spiro atoms. The van der Waals surface area contributed by atoms with E-state index in [2.05, 4.69) is 5.32 Å². The van der Waals surface area contributed by atoms with Gasteiger partial charge in [-0.2, -0.15) is 0 Å². The predicted molar refractivity (Wildman–Crippen MR) is 76.3 cm³/mol. The second-order valence-electron chi connectivity index (χ2n) is 5.62. The number of nitrogens with two attached hydrogens (primary N) is 1. The molecule has 0 radical (unpaired) electrons. The molecule has 1 aliphatic carbocycles. The maximum Gasteiger partial charge on any atom is 0.220 e. The van der Waals surface area contributed by atoms with E-state index in [0.717, 1.165) is 31.2 Å². The summed E-state index contributed by atoms with van der Waals surface area (Å²) in [5.74, 6) is -0.0697. The maximum atomic E-state index is 11.1. The fraction of sp³-hybridized carbons (Fsp3) is 0.533. The second kappa shape index (κ2) is 6.13. The van der Waals surface area contributed by atoms with Crippen molar-refractivity contribution in [3.8, 4) is 11.5 Å². The van der Waals surface area contributed by atoms with E-state index in [1.807, 2.05) is 6.92 Å². The molecule has 20 heavy (non-hydrogen) atoms. The van der Waals surface area contributed by atoms with Crippen LogP contribution in [0.25, 0.3) is 0 Å². The summed E-state index contributed by atoms with van der Waals surface area (Å²) >= 11 is 0. The monoisotopic (exact) mass is 278 g/mol. The first-order valence-corrected chi connectivity index (χ1v) is 7.04. The fourth-order valence-corrected chi connectivity index (χ4v) is 2.86. The highest BCUT2D eigenvalue weighted by Crippen LogP contribution is 2.28. The van der Waals surface area contributed by atoms with Gasteiger partial charge < -0.3 is 21.3 Å². The summed E-state index contributed by atoms with van der Waals surface area (Å²) in [6, 6.07) is 4.97. The Balaban J connectivity index is 1.92. The second-order valence-corrected chi connectivity index (χ2v) is 5.62. The van der Waals surface area contributed by atoms with Gasteiger partial charge in [-0.15, -0.1) is 0 Å². The molecule has 1 aromatic carbocycles. The summed E-state index contributed by atoms with van der Waals surface area (Å²) < 4.78 is 0. The van der Waals surface area contributed by atoms with Gasteiger partial charge >= 0.3 is 0 Å². The van der Waals surface area contributed by atoms with Gasteiger partial charge in [-0.3, -0.25) is 4.79 Å². The van der Waals surface area contributed by atoms with Crippen molar-refractivity contribution in [2.75, 3.05) is 0 Å². The fourth-order valence-electron chi connectivity index (χ4n) is 2.86. The van der Waals surface area contributed by atoms with Gasteiger partial charge in [0.05, 0.1) is 0 Å². The van der Waals surface area contributed by atoms with Crippen molar-refractivity contribution < 1.29 is 15.0 Å². The average molecular weight is 278 g/mol. The third-order valence-electron chi connectivity index (χ3n) is 4.04. The highest BCUT2D eigenvalue weighted by Gasteiger charge is 2.25. The largest absolute Gasteiger partial charge is 0.508 e. The van der Waals surface area contributed by atoms with E-state index in [0.29, 0.717) is 6.04 Å². The lowest BCUT2D eigenvalue weighted by atomic mass is 9.85. The van der Waals surface area contributed by atoms with Crippen LogP contribution in [0.3, 0.4) is 0 Å². The lowest BCUT2D eigenvalue weighted by Crippen LogP contribution is -2.37. The number of carbonyl (C=O) groups is 1. The molecule has 110 valence electrons. The van der Waals surface area contributed by atoms with Crippen LogP contribution >= 0.6 is 0 Å². The first-order valence-electron chi connectivity index (χ1n) is 7.04. The lowest BCUT2D eigenvalue weighted by Gasteiger charge is -2.30. The molecule has 5 nitrogen and oxygen atoms in total. The van der Waals surface area contributed by atoms with Crippen molar-refractivity contribution in [2.24, 2.45) is 11.7 Å². The zero-order chi connectivity index (χ0) is 14.7. The van der Waals surface area contributed by atoms with Crippen LogP contribution in [0.15, 0.2) is 18.2 Å². The topological polar surface area (TPSA) is 95.6 Å². The number of aromatic hydroxyl groups is 2. The first-order chi connectivity index (χ1) is 9.45. The summed E-state index contributed by atoms with van der Waals surface area (Å²) in [6.45, 7) is 1.99. The number of rotatable bonds is 4. The van der Waals surface area contributed by atoms with Crippen molar-refractivity contribution in [3.05, 3.63) is 23.8 Å². The highest BCUT2D eigenvalue weighted by molar-refractivity contribution is 5.76. The van der Waals surface area contributed by atoms with Crippen LogP contribution in [0.2, 0.25) is 0 Å². The molecule has 1 aliphatic rings. The molecule has 1 saturated carbocycles. The average Bonchev–Trinajstić information content (AvgIpc) is 2.38. The lowest BCUT2D eigenvalue weighted by molar-refractivity contribution is -0.122. The number of carbonyl (C=O) groups excluding carboxylic acids is 1. The molecule has 0 aromatic heterocycles. The number of hydrogen-bond donors (Lipinski definition) is 4. The number of hydrogen-bond acceptors (Lipinski definition) is 4. The Kier molecular flexibility index (Phi) is 4.49. The number of primary amides is 1. The van der Waals surface area contributed by atoms with E-state index in [9.17, 15) is 15.0 Å². The van der Waals surface area contributed by atoms with Gasteiger partial charge in [-0.1, -0.05) is 0 Å². The van der Waals surface area contributed by atoms with Crippen molar-refractivity contribution in [2.45, 2.75) is 44.7 Å². The van der Waals surface area contributed by atoms with E-state index < -0.39 is 0 Å². The van der Waals surface area contributed by atoms with Crippen LogP contribution in [-0.2, 0) is 4.79 Å².